The monoisotopic (exact) mass is 345 g/mol. The molecule has 114 valence electrons. The van der Waals surface area contributed by atoms with Crippen molar-refractivity contribution in [1.29, 1.82) is 0 Å². The molecule has 0 saturated carbocycles. The molecule has 3 N–H and O–H groups in total. The molecule has 0 bridgehead atoms. The van der Waals surface area contributed by atoms with E-state index in [1.807, 2.05) is 10.9 Å². The van der Waals surface area contributed by atoms with Gasteiger partial charge in [-0.3, -0.25) is 10.5 Å². The van der Waals surface area contributed by atoms with Gasteiger partial charge in [0.1, 0.15) is 0 Å². The first-order valence-electron chi connectivity index (χ1n) is 7.00. The molecule has 1 aliphatic rings. The molecule has 7 heteroatoms. The van der Waals surface area contributed by atoms with E-state index in [0.717, 1.165) is 36.1 Å². The van der Waals surface area contributed by atoms with Crippen molar-refractivity contribution in [2.75, 3.05) is 20.6 Å². The van der Waals surface area contributed by atoms with E-state index in [1.165, 1.54) is 0 Å². The van der Waals surface area contributed by atoms with E-state index in [-0.39, 0.29) is 12.1 Å². The number of hydrogen-bond donors (Lipinski definition) is 2. The molecule has 2 heterocycles. The van der Waals surface area contributed by atoms with E-state index < -0.39 is 0 Å². The highest BCUT2D eigenvalue weighted by molar-refractivity contribution is 9.10. The molecule has 0 spiro atoms. The Morgan fingerprint density at radius 3 is 2.90 bits per heavy atom. The summed E-state index contributed by atoms with van der Waals surface area (Å²) in [6.07, 6.45) is 4.32. The van der Waals surface area contributed by atoms with Gasteiger partial charge in [-0.05, 0) is 49.8 Å². The van der Waals surface area contributed by atoms with E-state index in [9.17, 15) is 0 Å². The SMILES string of the molecule is CC1CCC(C(NN)c2c(Br)cnn2CCN(C)C)O1. The normalized spacial score (nSPS) is 24.5. The molecular weight excluding hydrogens is 322 g/mol. The molecule has 1 aliphatic heterocycles. The average Bonchev–Trinajstić information content (AvgIpc) is 2.97. The van der Waals surface area contributed by atoms with Gasteiger partial charge in [-0.1, -0.05) is 0 Å². The average molecular weight is 346 g/mol. The van der Waals surface area contributed by atoms with Crippen LogP contribution in [0.15, 0.2) is 10.7 Å². The first-order valence-corrected chi connectivity index (χ1v) is 7.79. The van der Waals surface area contributed by atoms with Crippen LogP contribution in [-0.4, -0.2) is 47.5 Å². The van der Waals surface area contributed by atoms with Crippen molar-refractivity contribution in [3.63, 3.8) is 0 Å². The smallest absolute Gasteiger partial charge is 0.0901 e. The van der Waals surface area contributed by atoms with Crippen LogP contribution in [0.2, 0.25) is 0 Å². The molecule has 0 aromatic carbocycles. The Morgan fingerprint density at radius 2 is 2.35 bits per heavy atom. The first-order chi connectivity index (χ1) is 9.52. The Hall–Kier alpha value is -0.470. The van der Waals surface area contributed by atoms with Gasteiger partial charge in [0.05, 0.1) is 41.2 Å². The molecule has 1 aromatic rings. The second-order valence-corrected chi connectivity index (χ2v) is 6.47. The zero-order valence-electron chi connectivity index (χ0n) is 12.3. The van der Waals surface area contributed by atoms with Crippen molar-refractivity contribution in [2.45, 2.75) is 44.6 Å². The van der Waals surface area contributed by atoms with Crippen molar-refractivity contribution in [1.82, 2.24) is 20.1 Å². The number of aromatic nitrogens is 2. The highest BCUT2D eigenvalue weighted by atomic mass is 79.9. The lowest BCUT2D eigenvalue weighted by atomic mass is 10.0. The summed E-state index contributed by atoms with van der Waals surface area (Å²) >= 11 is 3.58. The minimum Gasteiger partial charge on any atom is -0.373 e. The Morgan fingerprint density at radius 1 is 1.60 bits per heavy atom. The zero-order chi connectivity index (χ0) is 14.7. The maximum Gasteiger partial charge on any atom is 0.0901 e. The van der Waals surface area contributed by atoms with Crippen LogP contribution in [0.5, 0.6) is 0 Å². The summed E-state index contributed by atoms with van der Waals surface area (Å²) in [7, 11) is 4.11. The zero-order valence-corrected chi connectivity index (χ0v) is 13.9. The van der Waals surface area contributed by atoms with Crippen LogP contribution in [0.25, 0.3) is 0 Å². The molecule has 6 nitrogen and oxygen atoms in total. The largest absolute Gasteiger partial charge is 0.373 e. The summed E-state index contributed by atoms with van der Waals surface area (Å²) in [5.41, 5.74) is 3.97. The maximum atomic E-state index is 5.96. The molecule has 3 atom stereocenters. The van der Waals surface area contributed by atoms with Crippen LogP contribution < -0.4 is 11.3 Å². The summed E-state index contributed by atoms with van der Waals surface area (Å²) in [6, 6.07) is -0.0426. The third kappa shape index (κ3) is 3.59. The van der Waals surface area contributed by atoms with E-state index in [4.69, 9.17) is 10.6 Å². The molecule has 1 aromatic heterocycles. The Kier molecular flexibility index (Phi) is 5.57. The molecule has 0 aliphatic carbocycles. The summed E-state index contributed by atoms with van der Waals surface area (Å²) in [6.45, 7) is 3.86. The number of ether oxygens (including phenoxy) is 1. The third-order valence-corrected chi connectivity index (χ3v) is 4.31. The second kappa shape index (κ2) is 7.00. The minimum absolute atomic E-state index is 0.0426. The van der Waals surface area contributed by atoms with Crippen molar-refractivity contribution < 1.29 is 4.74 Å². The maximum absolute atomic E-state index is 5.96. The van der Waals surface area contributed by atoms with E-state index in [0.29, 0.717) is 6.10 Å². The first kappa shape index (κ1) is 15.9. The van der Waals surface area contributed by atoms with E-state index in [1.54, 1.807) is 0 Å². The van der Waals surface area contributed by atoms with Gasteiger partial charge in [0.25, 0.3) is 0 Å². The van der Waals surface area contributed by atoms with Gasteiger partial charge in [-0.25, -0.2) is 5.43 Å². The lowest BCUT2D eigenvalue weighted by Gasteiger charge is -2.24. The molecular formula is C13H24BrN5O. The van der Waals surface area contributed by atoms with Crippen LogP contribution in [0.3, 0.4) is 0 Å². The Bertz CT molecular complexity index is 436. The molecule has 0 amide bonds. The molecule has 1 fully saturated rings. The highest BCUT2D eigenvalue weighted by Gasteiger charge is 2.33. The number of hydrogen-bond acceptors (Lipinski definition) is 5. The highest BCUT2D eigenvalue weighted by Crippen LogP contribution is 2.33. The summed E-state index contributed by atoms with van der Waals surface area (Å²) in [4.78, 5) is 2.14. The number of likely N-dealkylation sites (N-methyl/N-ethyl adjacent to an activating group) is 1. The summed E-state index contributed by atoms with van der Waals surface area (Å²) < 4.78 is 8.93. The number of rotatable bonds is 6. The topological polar surface area (TPSA) is 68.3 Å². The standard InChI is InChI=1S/C13H24BrN5O/c1-9-4-5-11(20-9)12(17-15)13-10(14)8-16-19(13)7-6-18(2)3/h8-9,11-12,17H,4-7,15H2,1-3H3. The molecule has 3 unspecified atom stereocenters. The van der Waals surface area contributed by atoms with Crippen molar-refractivity contribution in [3.8, 4) is 0 Å². The van der Waals surface area contributed by atoms with Crippen LogP contribution in [0, 0.1) is 0 Å². The second-order valence-electron chi connectivity index (χ2n) is 5.61. The lowest BCUT2D eigenvalue weighted by molar-refractivity contribution is 0.0293. The fourth-order valence-electron chi connectivity index (χ4n) is 2.60. The quantitative estimate of drug-likeness (QED) is 0.600. The van der Waals surface area contributed by atoms with Crippen LogP contribution in [-0.2, 0) is 11.3 Å². The predicted molar refractivity (Wildman–Crippen MR) is 82.1 cm³/mol. The lowest BCUT2D eigenvalue weighted by Crippen LogP contribution is -2.38. The van der Waals surface area contributed by atoms with Crippen LogP contribution >= 0.6 is 15.9 Å². The van der Waals surface area contributed by atoms with Gasteiger partial charge >= 0.3 is 0 Å². The third-order valence-electron chi connectivity index (χ3n) is 3.70. The number of nitrogens with two attached hydrogens (primary N) is 1. The van der Waals surface area contributed by atoms with Crippen molar-refractivity contribution >= 4 is 15.9 Å². The van der Waals surface area contributed by atoms with Gasteiger partial charge in [-0.15, -0.1) is 0 Å². The number of halogens is 1. The predicted octanol–water partition coefficient (Wildman–Crippen LogP) is 1.28. The minimum atomic E-state index is -0.0426. The van der Waals surface area contributed by atoms with Crippen molar-refractivity contribution in [3.05, 3.63) is 16.4 Å². The number of hydrazine groups is 1. The van der Waals surface area contributed by atoms with Crippen LogP contribution in [0.4, 0.5) is 0 Å². The summed E-state index contributed by atoms with van der Waals surface area (Å²) in [5.74, 6) is 5.78. The van der Waals surface area contributed by atoms with Crippen molar-refractivity contribution in [2.24, 2.45) is 5.84 Å². The van der Waals surface area contributed by atoms with Gasteiger partial charge in [-0.2, -0.15) is 5.10 Å². The van der Waals surface area contributed by atoms with Crippen LogP contribution in [0.1, 0.15) is 31.5 Å². The molecule has 0 radical (unpaired) electrons. The number of nitrogens with one attached hydrogen (secondary N) is 1. The van der Waals surface area contributed by atoms with E-state index in [2.05, 4.69) is 52.4 Å². The van der Waals surface area contributed by atoms with Gasteiger partial charge in [0.15, 0.2) is 0 Å². The Balaban J connectivity index is 2.18. The number of nitrogens with zero attached hydrogens (tertiary/aromatic N) is 3. The fraction of sp³-hybridized carbons (Fsp3) is 0.769. The van der Waals surface area contributed by atoms with E-state index >= 15 is 0 Å². The molecule has 2 rings (SSSR count). The van der Waals surface area contributed by atoms with Gasteiger partial charge < -0.3 is 9.64 Å². The summed E-state index contributed by atoms with van der Waals surface area (Å²) in [5, 5.41) is 4.44. The molecule has 20 heavy (non-hydrogen) atoms. The van der Waals surface area contributed by atoms with Gasteiger partial charge in [0.2, 0.25) is 0 Å². The fourth-order valence-corrected chi connectivity index (χ4v) is 3.14. The molecule has 1 saturated heterocycles. The van der Waals surface area contributed by atoms with Gasteiger partial charge in [0, 0.05) is 6.54 Å². The Labute approximate surface area is 128 Å².